The Labute approximate surface area is 76.8 Å². The van der Waals surface area contributed by atoms with Crippen molar-refractivity contribution in [2.24, 2.45) is 5.92 Å². The molecule has 0 fully saturated rings. The second kappa shape index (κ2) is 4.12. The summed E-state index contributed by atoms with van der Waals surface area (Å²) in [6, 6.07) is 1.22. The summed E-state index contributed by atoms with van der Waals surface area (Å²) in [5.41, 5.74) is 0.356. The summed E-state index contributed by atoms with van der Waals surface area (Å²) in [5.74, 6) is -0.577. The number of nitrogens with zero attached hydrogens (tertiary/aromatic N) is 1. The van der Waals surface area contributed by atoms with Crippen LogP contribution in [0.2, 0.25) is 0 Å². The number of rotatable bonds is 3. The van der Waals surface area contributed by atoms with Gasteiger partial charge in [0, 0.05) is 17.7 Å². The molecule has 70 valence electrons. The number of hydrogen-bond acceptors (Lipinski definition) is 2. The van der Waals surface area contributed by atoms with Gasteiger partial charge in [0.25, 0.3) is 0 Å². The molecule has 1 aromatic rings. The lowest BCUT2D eigenvalue weighted by Gasteiger charge is -2.06. The Morgan fingerprint density at radius 2 is 2.31 bits per heavy atom. The van der Waals surface area contributed by atoms with E-state index < -0.39 is 5.82 Å². The highest BCUT2D eigenvalue weighted by molar-refractivity contribution is 5.97. The number of hydrogen-bond donors (Lipinski definition) is 0. The van der Waals surface area contributed by atoms with Crippen molar-refractivity contribution < 1.29 is 9.18 Å². The lowest BCUT2D eigenvalue weighted by Crippen LogP contribution is -2.10. The van der Waals surface area contributed by atoms with E-state index in [0.29, 0.717) is 5.56 Å². The maximum Gasteiger partial charge on any atom is 0.167 e. The zero-order valence-corrected chi connectivity index (χ0v) is 7.75. The van der Waals surface area contributed by atoms with Crippen molar-refractivity contribution in [1.29, 1.82) is 0 Å². The molecule has 0 aliphatic rings. The highest BCUT2D eigenvalue weighted by atomic mass is 19.1. The third-order valence-corrected chi connectivity index (χ3v) is 2.05. The molecule has 1 atom stereocenters. The monoisotopic (exact) mass is 181 g/mol. The minimum absolute atomic E-state index is 0.0468. The molecule has 2 nitrogen and oxygen atoms in total. The Balaban J connectivity index is 2.89. The van der Waals surface area contributed by atoms with Crippen LogP contribution in [0, 0.1) is 11.7 Å². The fraction of sp³-hybridized carbons (Fsp3) is 0.400. The van der Waals surface area contributed by atoms with Crippen LogP contribution in [0.15, 0.2) is 18.5 Å². The van der Waals surface area contributed by atoms with Crippen LogP contribution in [-0.4, -0.2) is 10.8 Å². The van der Waals surface area contributed by atoms with Gasteiger partial charge in [0.15, 0.2) is 5.78 Å². The van der Waals surface area contributed by atoms with Gasteiger partial charge in [0.05, 0.1) is 6.20 Å². The summed E-state index contributed by atoms with van der Waals surface area (Å²) < 4.78 is 12.7. The van der Waals surface area contributed by atoms with Crippen molar-refractivity contribution in [3.05, 3.63) is 29.8 Å². The molecular formula is C10H12FNO. The Morgan fingerprint density at radius 1 is 1.62 bits per heavy atom. The van der Waals surface area contributed by atoms with Gasteiger partial charge in [-0.05, 0) is 12.5 Å². The molecule has 13 heavy (non-hydrogen) atoms. The zero-order chi connectivity index (χ0) is 9.84. The van der Waals surface area contributed by atoms with E-state index >= 15 is 0 Å². The largest absolute Gasteiger partial charge is 0.294 e. The first-order valence-electron chi connectivity index (χ1n) is 4.30. The van der Waals surface area contributed by atoms with Gasteiger partial charge in [-0.3, -0.25) is 9.78 Å². The molecule has 0 N–H and O–H groups in total. The Hall–Kier alpha value is -1.25. The van der Waals surface area contributed by atoms with Crippen LogP contribution < -0.4 is 0 Å². The van der Waals surface area contributed by atoms with E-state index in [1.807, 2.05) is 13.8 Å². The van der Waals surface area contributed by atoms with E-state index in [2.05, 4.69) is 4.98 Å². The fourth-order valence-electron chi connectivity index (χ4n) is 1.02. The van der Waals surface area contributed by atoms with E-state index in [-0.39, 0.29) is 11.7 Å². The molecule has 1 aromatic heterocycles. The zero-order valence-electron chi connectivity index (χ0n) is 7.75. The van der Waals surface area contributed by atoms with Crippen molar-refractivity contribution in [1.82, 2.24) is 4.98 Å². The average molecular weight is 181 g/mol. The molecule has 0 aliphatic carbocycles. The van der Waals surface area contributed by atoms with Crippen LogP contribution in [0.1, 0.15) is 30.6 Å². The van der Waals surface area contributed by atoms with Gasteiger partial charge in [0.1, 0.15) is 5.82 Å². The third-order valence-electron chi connectivity index (χ3n) is 2.05. The number of Topliss-reactive ketones (excluding diaryl/α,β-unsaturated/α-hetero) is 1. The van der Waals surface area contributed by atoms with Gasteiger partial charge in [-0.2, -0.15) is 0 Å². The SMILES string of the molecule is CCC(C)C(=O)c1cncc(F)c1. The lowest BCUT2D eigenvalue weighted by molar-refractivity contribution is 0.0926. The topological polar surface area (TPSA) is 30.0 Å². The van der Waals surface area contributed by atoms with Crippen molar-refractivity contribution in [2.45, 2.75) is 20.3 Å². The molecule has 0 aliphatic heterocycles. The minimum atomic E-state index is -0.464. The first-order chi connectivity index (χ1) is 6.15. The fourth-order valence-corrected chi connectivity index (χ4v) is 1.02. The van der Waals surface area contributed by atoms with E-state index in [0.717, 1.165) is 12.6 Å². The number of carbonyl (C=O) groups excluding carboxylic acids is 1. The second-order valence-corrected chi connectivity index (χ2v) is 3.07. The van der Waals surface area contributed by atoms with Gasteiger partial charge in [-0.25, -0.2) is 4.39 Å². The second-order valence-electron chi connectivity index (χ2n) is 3.07. The highest BCUT2D eigenvalue weighted by Crippen LogP contribution is 2.11. The van der Waals surface area contributed by atoms with Gasteiger partial charge in [-0.15, -0.1) is 0 Å². The summed E-state index contributed by atoms with van der Waals surface area (Å²) in [7, 11) is 0. The van der Waals surface area contributed by atoms with Crippen molar-refractivity contribution in [2.75, 3.05) is 0 Å². The van der Waals surface area contributed by atoms with Crippen molar-refractivity contribution >= 4 is 5.78 Å². The molecular weight excluding hydrogens is 169 g/mol. The van der Waals surface area contributed by atoms with Crippen LogP contribution in [0.4, 0.5) is 4.39 Å². The number of pyridine rings is 1. The Bertz CT molecular complexity index is 312. The van der Waals surface area contributed by atoms with E-state index in [9.17, 15) is 9.18 Å². The summed E-state index contributed by atoms with van der Waals surface area (Å²) in [6.07, 6.45) is 3.25. The predicted molar refractivity (Wildman–Crippen MR) is 48.0 cm³/mol. The summed E-state index contributed by atoms with van der Waals surface area (Å²) in [5, 5.41) is 0. The normalized spacial score (nSPS) is 12.5. The van der Waals surface area contributed by atoms with Gasteiger partial charge in [0.2, 0.25) is 0 Å². The molecule has 0 aromatic carbocycles. The van der Waals surface area contributed by atoms with Gasteiger partial charge < -0.3 is 0 Å². The molecule has 3 heteroatoms. The minimum Gasteiger partial charge on any atom is -0.294 e. The van der Waals surface area contributed by atoms with Crippen LogP contribution >= 0.6 is 0 Å². The van der Waals surface area contributed by atoms with E-state index in [1.165, 1.54) is 12.3 Å². The Morgan fingerprint density at radius 3 is 2.85 bits per heavy atom. The lowest BCUT2D eigenvalue weighted by atomic mass is 9.98. The molecule has 0 amide bonds. The van der Waals surface area contributed by atoms with Gasteiger partial charge in [-0.1, -0.05) is 13.8 Å². The van der Waals surface area contributed by atoms with Gasteiger partial charge >= 0.3 is 0 Å². The summed E-state index contributed by atoms with van der Waals surface area (Å²) in [4.78, 5) is 15.1. The quantitative estimate of drug-likeness (QED) is 0.670. The molecule has 1 rings (SSSR count). The summed E-state index contributed by atoms with van der Waals surface area (Å²) >= 11 is 0. The van der Waals surface area contributed by atoms with E-state index in [1.54, 1.807) is 0 Å². The highest BCUT2D eigenvalue weighted by Gasteiger charge is 2.13. The first-order valence-corrected chi connectivity index (χ1v) is 4.30. The smallest absolute Gasteiger partial charge is 0.167 e. The maximum atomic E-state index is 12.7. The van der Waals surface area contributed by atoms with Crippen LogP contribution in [0.3, 0.4) is 0 Å². The third kappa shape index (κ3) is 2.34. The van der Waals surface area contributed by atoms with Crippen LogP contribution in [0.5, 0.6) is 0 Å². The molecule has 0 saturated carbocycles. The summed E-state index contributed by atoms with van der Waals surface area (Å²) in [6.45, 7) is 3.75. The number of aromatic nitrogens is 1. The first kappa shape index (κ1) is 9.84. The van der Waals surface area contributed by atoms with Crippen molar-refractivity contribution in [3.63, 3.8) is 0 Å². The molecule has 0 bridgehead atoms. The van der Waals surface area contributed by atoms with Crippen LogP contribution in [0.25, 0.3) is 0 Å². The molecule has 0 saturated heterocycles. The predicted octanol–water partition coefficient (Wildman–Crippen LogP) is 2.45. The molecule has 1 heterocycles. The maximum absolute atomic E-state index is 12.7. The van der Waals surface area contributed by atoms with E-state index in [4.69, 9.17) is 0 Å². The average Bonchev–Trinajstić information content (AvgIpc) is 2.15. The molecule has 1 unspecified atom stereocenters. The molecule has 0 radical (unpaired) electrons. The Kier molecular flexibility index (Phi) is 3.12. The standard InChI is InChI=1S/C10H12FNO/c1-3-7(2)10(13)8-4-9(11)6-12-5-8/h4-7H,3H2,1-2H3. The number of halogens is 1. The number of ketones is 1. The van der Waals surface area contributed by atoms with Crippen LogP contribution in [-0.2, 0) is 0 Å². The van der Waals surface area contributed by atoms with Crippen molar-refractivity contribution in [3.8, 4) is 0 Å². The molecule has 0 spiro atoms. The number of carbonyl (C=O) groups is 1.